The van der Waals surface area contributed by atoms with Crippen molar-refractivity contribution in [1.29, 1.82) is 0 Å². The quantitative estimate of drug-likeness (QED) is 0.194. The van der Waals surface area contributed by atoms with Gasteiger partial charge in [-0.3, -0.25) is 0 Å². The summed E-state index contributed by atoms with van der Waals surface area (Å²) < 4.78 is 16.1. The zero-order valence-corrected chi connectivity index (χ0v) is 20.3. The van der Waals surface area contributed by atoms with E-state index in [2.05, 4.69) is 5.32 Å². The number of carbonyl (C=O) groups is 2. The standard InChI is InChI=1S/C28H24ClNO6/c1-2-20-14-26(31)35-24-16-25(22(29)15-21(20)24)36-27(32)23(13-18-9-5-3-6-10-18)30-28(33)34-17-19-11-7-4-8-12-19/h3-12,14-16,23H,2,13,17H2,1H3,(H,30,33). The molecule has 1 atom stereocenters. The van der Waals surface area contributed by atoms with Crippen LogP contribution >= 0.6 is 11.6 Å². The van der Waals surface area contributed by atoms with Crippen molar-refractivity contribution in [2.24, 2.45) is 0 Å². The maximum absolute atomic E-state index is 13.2. The Balaban J connectivity index is 1.54. The van der Waals surface area contributed by atoms with Gasteiger partial charge in [-0.1, -0.05) is 79.2 Å². The number of hydrogen-bond acceptors (Lipinski definition) is 6. The van der Waals surface area contributed by atoms with Crippen LogP contribution in [0.4, 0.5) is 4.79 Å². The summed E-state index contributed by atoms with van der Waals surface area (Å²) in [6.07, 6.45) is 0.00599. The molecule has 0 saturated heterocycles. The molecule has 1 unspecified atom stereocenters. The normalized spacial score (nSPS) is 11.6. The molecule has 0 fully saturated rings. The van der Waals surface area contributed by atoms with Gasteiger partial charge in [-0.2, -0.15) is 0 Å². The van der Waals surface area contributed by atoms with Crippen molar-refractivity contribution in [2.75, 3.05) is 0 Å². The van der Waals surface area contributed by atoms with Crippen LogP contribution in [0, 0.1) is 0 Å². The molecule has 7 nitrogen and oxygen atoms in total. The summed E-state index contributed by atoms with van der Waals surface area (Å²) >= 11 is 6.40. The van der Waals surface area contributed by atoms with Gasteiger partial charge in [0.15, 0.2) is 5.75 Å². The summed E-state index contributed by atoms with van der Waals surface area (Å²) in [7, 11) is 0. The number of halogens is 1. The molecule has 1 aromatic heterocycles. The van der Waals surface area contributed by atoms with Crippen molar-refractivity contribution in [3.05, 3.63) is 111 Å². The van der Waals surface area contributed by atoms with E-state index in [0.29, 0.717) is 11.8 Å². The summed E-state index contributed by atoms with van der Waals surface area (Å²) in [5.41, 5.74) is 2.13. The molecule has 1 N–H and O–H groups in total. The number of carbonyl (C=O) groups excluding carboxylic acids is 2. The van der Waals surface area contributed by atoms with E-state index in [4.69, 9.17) is 25.5 Å². The Morgan fingerprint density at radius 1 is 0.972 bits per heavy atom. The first-order valence-corrected chi connectivity index (χ1v) is 11.8. The van der Waals surface area contributed by atoms with Crippen LogP contribution in [0.25, 0.3) is 11.0 Å². The lowest BCUT2D eigenvalue weighted by Gasteiger charge is -2.18. The third-order valence-electron chi connectivity index (χ3n) is 5.55. The number of esters is 1. The number of aryl methyl sites for hydroxylation is 1. The number of hydrogen-bond donors (Lipinski definition) is 1. The van der Waals surface area contributed by atoms with Gasteiger partial charge in [-0.15, -0.1) is 0 Å². The molecular weight excluding hydrogens is 482 g/mol. The van der Waals surface area contributed by atoms with Gasteiger partial charge >= 0.3 is 17.7 Å². The van der Waals surface area contributed by atoms with Crippen LogP contribution in [0.2, 0.25) is 5.02 Å². The van der Waals surface area contributed by atoms with E-state index in [1.54, 1.807) is 6.07 Å². The van der Waals surface area contributed by atoms with Crippen molar-refractivity contribution in [3.8, 4) is 5.75 Å². The van der Waals surface area contributed by atoms with E-state index in [1.165, 1.54) is 12.1 Å². The number of amides is 1. The van der Waals surface area contributed by atoms with Crippen LogP contribution < -0.4 is 15.7 Å². The molecule has 0 bridgehead atoms. The number of alkyl carbamates (subject to hydrolysis) is 1. The number of benzene rings is 3. The molecule has 4 rings (SSSR count). The second kappa shape index (κ2) is 11.6. The highest BCUT2D eigenvalue weighted by Gasteiger charge is 2.25. The van der Waals surface area contributed by atoms with Crippen LogP contribution in [-0.2, 0) is 29.0 Å². The van der Waals surface area contributed by atoms with Gasteiger partial charge in [-0.05, 0) is 29.2 Å². The summed E-state index contributed by atoms with van der Waals surface area (Å²) in [6, 6.07) is 21.7. The molecule has 8 heteroatoms. The monoisotopic (exact) mass is 505 g/mol. The fourth-order valence-electron chi connectivity index (χ4n) is 3.73. The van der Waals surface area contributed by atoms with E-state index in [9.17, 15) is 14.4 Å². The topological polar surface area (TPSA) is 94.8 Å². The highest BCUT2D eigenvalue weighted by Crippen LogP contribution is 2.31. The summed E-state index contributed by atoms with van der Waals surface area (Å²) in [6.45, 7) is 1.96. The number of rotatable bonds is 8. The minimum Gasteiger partial charge on any atom is -0.445 e. The van der Waals surface area contributed by atoms with Crippen LogP contribution in [0.15, 0.2) is 88.1 Å². The lowest BCUT2D eigenvalue weighted by atomic mass is 10.1. The first kappa shape index (κ1) is 25.0. The Bertz CT molecular complexity index is 1420. The van der Waals surface area contributed by atoms with E-state index >= 15 is 0 Å². The summed E-state index contributed by atoms with van der Waals surface area (Å²) in [4.78, 5) is 37.6. The summed E-state index contributed by atoms with van der Waals surface area (Å²) in [5, 5.41) is 3.42. The van der Waals surface area contributed by atoms with E-state index < -0.39 is 23.7 Å². The third kappa shape index (κ3) is 6.31. The molecule has 1 amide bonds. The number of nitrogens with one attached hydrogen (secondary N) is 1. The molecule has 0 aliphatic heterocycles. The van der Waals surface area contributed by atoms with Crippen LogP contribution in [-0.4, -0.2) is 18.1 Å². The molecule has 36 heavy (non-hydrogen) atoms. The van der Waals surface area contributed by atoms with Gasteiger partial charge in [0.25, 0.3) is 0 Å². The Kier molecular flexibility index (Phi) is 8.02. The minimum absolute atomic E-state index is 0.0167. The SMILES string of the molecule is CCc1cc(=O)oc2cc(OC(=O)C(Cc3ccccc3)NC(=O)OCc3ccccc3)c(Cl)cc12. The molecule has 0 radical (unpaired) electrons. The minimum atomic E-state index is -1.06. The second-order valence-corrected chi connectivity index (χ2v) is 8.50. The predicted octanol–water partition coefficient (Wildman–Crippen LogP) is 5.45. The maximum Gasteiger partial charge on any atom is 0.408 e. The maximum atomic E-state index is 13.2. The van der Waals surface area contributed by atoms with Crippen LogP contribution in [0.1, 0.15) is 23.6 Å². The Morgan fingerprint density at radius 3 is 2.31 bits per heavy atom. The average molecular weight is 506 g/mol. The fraction of sp³-hybridized carbons (Fsp3) is 0.179. The van der Waals surface area contributed by atoms with Gasteiger partial charge in [0.2, 0.25) is 0 Å². The lowest BCUT2D eigenvalue weighted by molar-refractivity contribution is -0.136. The largest absolute Gasteiger partial charge is 0.445 e. The first-order valence-electron chi connectivity index (χ1n) is 11.4. The molecule has 0 spiro atoms. The molecular formula is C28H24ClNO6. The average Bonchev–Trinajstić information content (AvgIpc) is 2.88. The van der Waals surface area contributed by atoms with Gasteiger partial charge in [0.05, 0.1) is 5.02 Å². The van der Waals surface area contributed by atoms with Crippen LogP contribution in [0.5, 0.6) is 5.75 Å². The van der Waals surface area contributed by atoms with Gasteiger partial charge in [-0.25, -0.2) is 14.4 Å². The highest BCUT2D eigenvalue weighted by atomic mass is 35.5. The third-order valence-corrected chi connectivity index (χ3v) is 5.84. The smallest absolute Gasteiger partial charge is 0.408 e. The predicted molar refractivity (Wildman–Crippen MR) is 136 cm³/mol. The van der Waals surface area contributed by atoms with Crippen molar-refractivity contribution in [3.63, 3.8) is 0 Å². The van der Waals surface area contributed by atoms with Crippen molar-refractivity contribution in [2.45, 2.75) is 32.4 Å². The van der Waals surface area contributed by atoms with Gasteiger partial charge in [0, 0.05) is 23.9 Å². The lowest BCUT2D eigenvalue weighted by Crippen LogP contribution is -2.44. The van der Waals surface area contributed by atoms with Gasteiger partial charge < -0.3 is 19.2 Å². The molecule has 0 aliphatic rings. The molecule has 0 aliphatic carbocycles. The zero-order valence-electron chi connectivity index (χ0n) is 19.5. The van der Waals surface area contributed by atoms with Crippen molar-refractivity contribution in [1.82, 2.24) is 5.32 Å². The zero-order chi connectivity index (χ0) is 25.5. The molecule has 4 aromatic rings. The Morgan fingerprint density at radius 2 is 1.64 bits per heavy atom. The molecule has 184 valence electrons. The van der Waals surface area contributed by atoms with Crippen molar-refractivity contribution >= 4 is 34.6 Å². The second-order valence-electron chi connectivity index (χ2n) is 8.09. The molecule has 0 saturated carbocycles. The Labute approximate surface area is 212 Å². The van der Waals surface area contributed by atoms with E-state index in [-0.39, 0.29) is 29.4 Å². The van der Waals surface area contributed by atoms with Gasteiger partial charge in [0.1, 0.15) is 18.2 Å². The Hall–Kier alpha value is -4.10. The fourth-order valence-corrected chi connectivity index (χ4v) is 3.93. The molecule has 3 aromatic carbocycles. The first-order chi connectivity index (χ1) is 17.4. The summed E-state index contributed by atoms with van der Waals surface area (Å²) in [5.74, 6) is -0.728. The number of fused-ring (bicyclic) bond motifs is 1. The van der Waals surface area contributed by atoms with E-state index in [1.807, 2.05) is 67.6 Å². The van der Waals surface area contributed by atoms with Crippen LogP contribution in [0.3, 0.4) is 0 Å². The highest BCUT2D eigenvalue weighted by molar-refractivity contribution is 6.33. The van der Waals surface area contributed by atoms with Crippen molar-refractivity contribution < 1.29 is 23.5 Å². The van der Waals surface area contributed by atoms with E-state index in [0.717, 1.165) is 16.7 Å². The molecule has 1 heterocycles. The number of ether oxygens (including phenoxy) is 2.